The highest BCUT2D eigenvalue weighted by Gasteiger charge is 2.15. The number of carbonyl (C=O) groups is 1. The average Bonchev–Trinajstić information content (AvgIpc) is 3.25. The van der Waals surface area contributed by atoms with E-state index in [1.807, 2.05) is 50.2 Å². The predicted molar refractivity (Wildman–Crippen MR) is 102 cm³/mol. The third-order valence-corrected chi connectivity index (χ3v) is 4.26. The highest BCUT2D eigenvalue weighted by Crippen LogP contribution is 2.23. The maximum absolute atomic E-state index is 12.4. The molecule has 27 heavy (non-hydrogen) atoms. The zero-order chi connectivity index (χ0) is 18.8. The fourth-order valence-corrected chi connectivity index (χ4v) is 2.86. The minimum absolute atomic E-state index is 0.138. The number of oxazole rings is 2. The minimum atomic E-state index is -0.162. The van der Waals surface area contributed by atoms with Crippen LogP contribution in [0.2, 0.25) is 0 Å². The molecule has 0 spiro atoms. The number of aryl methyl sites for hydroxylation is 2. The van der Waals surface area contributed by atoms with E-state index in [1.54, 1.807) is 12.1 Å². The van der Waals surface area contributed by atoms with Crippen LogP contribution in [-0.2, 0) is 17.6 Å². The fourth-order valence-electron chi connectivity index (χ4n) is 2.86. The lowest BCUT2D eigenvalue weighted by atomic mass is 10.2. The van der Waals surface area contributed by atoms with Gasteiger partial charge in [-0.05, 0) is 37.3 Å². The summed E-state index contributed by atoms with van der Waals surface area (Å²) in [6, 6.07) is 15.0. The number of amides is 1. The van der Waals surface area contributed by atoms with Crippen LogP contribution in [0, 0.1) is 6.92 Å². The molecule has 1 N–H and O–H groups in total. The summed E-state index contributed by atoms with van der Waals surface area (Å²) in [6.45, 7) is 3.80. The number of carbonyl (C=O) groups excluding carboxylic acids is 1. The molecule has 0 atom stereocenters. The first-order valence-electron chi connectivity index (χ1n) is 8.83. The van der Waals surface area contributed by atoms with Crippen LogP contribution >= 0.6 is 0 Å². The molecule has 4 aromatic rings. The van der Waals surface area contributed by atoms with Gasteiger partial charge in [-0.15, -0.1) is 0 Å². The van der Waals surface area contributed by atoms with Crippen molar-refractivity contribution in [3.63, 3.8) is 0 Å². The summed E-state index contributed by atoms with van der Waals surface area (Å²) < 4.78 is 11.3. The SMILES string of the molecule is CCc1nc2cc(NC(=O)Cc3nc(-c4ccccc4)oc3C)ccc2o1. The molecule has 4 rings (SSSR count). The van der Waals surface area contributed by atoms with Crippen LogP contribution in [0.25, 0.3) is 22.6 Å². The van der Waals surface area contributed by atoms with Gasteiger partial charge in [0.15, 0.2) is 11.5 Å². The molecular formula is C21H19N3O3. The second-order valence-corrected chi connectivity index (χ2v) is 6.26. The Morgan fingerprint density at radius 2 is 1.89 bits per heavy atom. The van der Waals surface area contributed by atoms with E-state index in [-0.39, 0.29) is 12.3 Å². The Morgan fingerprint density at radius 3 is 2.67 bits per heavy atom. The van der Waals surface area contributed by atoms with Crippen molar-refractivity contribution in [2.75, 3.05) is 5.32 Å². The third-order valence-electron chi connectivity index (χ3n) is 4.26. The van der Waals surface area contributed by atoms with Gasteiger partial charge in [0.1, 0.15) is 11.3 Å². The third kappa shape index (κ3) is 3.60. The molecule has 0 radical (unpaired) electrons. The second kappa shape index (κ2) is 7.07. The van der Waals surface area contributed by atoms with Gasteiger partial charge in [0.05, 0.1) is 12.1 Å². The summed E-state index contributed by atoms with van der Waals surface area (Å²) in [5.41, 5.74) is 3.63. The molecule has 0 saturated carbocycles. The van der Waals surface area contributed by atoms with Gasteiger partial charge in [0, 0.05) is 17.7 Å². The quantitative estimate of drug-likeness (QED) is 0.564. The molecule has 2 aromatic heterocycles. The summed E-state index contributed by atoms with van der Waals surface area (Å²) in [6.07, 6.45) is 0.866. The number of rotatable bonds is 5. The summed E-state index contributed by atoms with van der Waals surface area (Å²) in [5.74, 6) is 1.68. The zero-order valence-corrected chi connectivity index (χ0v) is 15.2. The summed E-state index contributed by atoms with van der Waals surface area (Å²) in [7, 11) is 0. The molecule has 0 aliphatic heterocycles. The van der Waals surface area contributed by atoms with Crippen LogP contribution < -0.4 is 5.32 Å². The van der Waals surface area contributed by atoms with Crippen LogP contribution in [0.3, 0.4) is 0 Å². The number of hydrogen-bond acceptors (Lipinski definition) is 5. The maximum Gasteiger partial charge on any atom is 0.230 e. The van der Waals surface area contributed by atoms with Crippen molar-refractivity contribution >= 4 is 22.7 Å². The van der Waals surface area contributed by atoms with E-state index in [4.69, 9.17) is 8.83 Å². The minimum Gasteiger partial charge on any atom is -0.441 e. The molecule has 136 valence electrons. The van der Waals surface area contributed by atoms with Gasteiger partial charge in [0.25, 0.3) is 0 Å². The molecular weight excluding hydrogens is 342 g/mol. The summed E-state index contributed by atoms with van der Waals surface area (Å²) in [5, 5.41) is 2.88. The molecule has 1 amide bonds. The van der Waals surface area contributed by atoms with Crippen molar-refractivity contribution in [3.05, 3.63) is 65.9 Å². The lowest BCUT2D eigenvalue weighted by Gasteiger charge is -2.03. The van der Waals surface area contributed by atoms with Gasteiger partial charge in [-0.1, -0.05) is 25.1 Å². The van der Waals surface area contributed by atoms with E-state index in [9.17, 15) is 4.79 Å². The van der Waals surface area contributed by atoms with Crippen LogP contribution in [0.1, 0.15) is 24.3 Å². The topological polar surface area (TPSA) is 81.2 Å². The van der Waals surface area contributed by atoms with Gasteiger partial charge in [-0.2, -0.15) is 0 Å². The zero-order valence-electron chi connectivity index (χ0n) is 15.2. The lowest BCUT2D eigenvalue weighted by Crippen LogP contribution is -2.15. The van der Waals surface area contributed by atoms with Crippen molar-refractivity contribution in [2.24, 2.45) is 0 Å². The van der Waals surface area contributed by atoms with Crippen molar-refractivity contribution in [1.29, 1.82) is 0 Å². The van der Waals surface area contributed by atoms with Gasteiger partial charge in [-0.3, -0.25) is 4.79 Å². The van der Waals surface area contributed by atoms with E-state index in [0.717, 1.165) is 17.5 Å². The molecule has 0 bridgehead atoms. The van der Waals surface area contributed by atoms with Crippen LogP contribution in [0.5, 0.6) is 0 Å². The molecule has 0 unspecified atom stereocenters. The smallest absolute Gasteiger partial charge is 0.230 e. The van der Waals surface area contributed by atoms with Crippen LogP contribution in [0.15, 0.2) is 57.4 Å². The monoisotopic (exact) mass is 361 g/mol. The molecule has 2 aromatic carbocycles. The van der Waals surface area contributed by atoms with Crippen LogP contribution in [-0.4, -0.2) is 15.9 Å². The maximum atomic E-state index is 12.4. The van der Waals surface area contributed by atoms with Crippen molar-refractivity contribution in [3.8, 4) is 11.5 Å². The number of aromatic nitrogens is 2. The first-order valence-corrected chi connectivity index (χ1v) is 8.83. The molecule has 0 aliphatic rings. The van der Waals surface area contributed by atoms with Gasteiger partial charge in [-0.25, -0.2) is 9.97 Å². The normalized spacial score (nSPS) is 11.0. The molecule has 0 aliphatic carbocycles. The summed E-state index contributed by atoms with van der Waals surface area (Å²) >= 11 is 0. The number of nitrogens with one attached hydrogen (secondary N) is 1. The molecule has 2 heterocycles. The molecule has 6 nitrogen and oxygen atoms in total. The fraction of sp³-hybridized carbons (Fsp3) is 0.190. The molecule has 0 saturated heterocycles. The largest absolute Gasteiger partial charge is 0.441 e. The number of fused-ring (bicyclic) bond motifs is 1. The van der Waals surface area contributed by atoms with Crippen molar-refractivity contribution in [1.82, 2.24) is 9.97 Å². The molecule has 6 heteroatoms. The van der Waals surface area contributed by atoms with E-state index in [0.29, 0.717) is 34.5 Å². The Labute approximate surface area is 156 Å². The first kappa shape index (κ1) is 17.0. The van der Waals surface area contributed by atoms with E-state index in [1.165, 1.54) is 0 Å². The average molecular weight is 361 g/mol. The molecule has 0 fully saturated rings. The Morgan fingerprint density at radius 1 is 1.07 bits per heavy atom. The van der Waals surface area contributed by atoms with E-state index >= 15 is 0 Å². The number of nitrogens with zero attached hydrogens (tertiary/aromatic N) is 2. The Kier molecular flexibility index (Phi) is 4.46. The predicted octanol–water partition coefficient (Wildman–Crippen LogP) is 4.53. The lowest BCUT2D eigenvalue weighted by molar-refractivity contribution is -0.115. The standard InChI is InChI=1S/C21H19N3O3/c1-3-20-23-17-11-15(9-10-18(17)27-20)22-19(25)12-16-13(2)26-21(24-16)14-7-5-4-6-8-14/h4-11H,3,12H2,1-2H3,(H,22,25). The first-order chi connectivity index (χ1) is 13.1. The van der Waals surface area contributed by atoms with Gasteiger partial charge in [0.2, 0.25) is 11.8 Å². The summed E-state index contributed by atoms with van der Waals surface area (Å²) in [4.78, 5) is 21.3. The van der Waals surface area contributed by atoms with Gasteiger partial charge < -0.3 is 14.2 Å². The van der Waals surface area contributed by atoms with E-state index < -0.39 is 0 Å². The van der Waals surface area contributed by atoms with E-state index in [2.05, 4.69) is 15.3 Å². The van der Waals surface area contributed by atoms with Gasteiger partial charge >= 0.3 is 0 Å². The highest BCUT2D eigenvalue weighted by atomic mass is 16.4. The Hall–Kier alpha value is -3.41. The number of anilines is 1. The van der Waals surface area contributed by atoms with Crippen molar-refractivity contribution in [2.45, 2.75) is 26.7 Å². The van der Waals surface area contributed by atoms with Crippen molar-refractivity contribution < 1.29 is 13.6 Å². The number of benzene rings is 2. The Bertz CT molecular complexity index is 1100. The highest BCUT2D eigenvalue weighted by molar-refractivity contribution is 5.94. The number of hydrogen-bond donors (Lipinski definition) is 1. The van der Waals surface area contributed by atoms with Crippen LogP contribution in [0.4, 0.5) is 5.69 Å². The Balaban J connectivity index is 1.49. The second-order valence-electron chi connectivity index (χ2n) is 6.26.